The van der Waals surface area contributed by atoms with Crippen molar-refractivity contribution in [3.05, 3.63) is 115 Å². The van der Waals surface area contributed by atoms with Crippen molar-refractivity contribution in [2.75, 3.05) is 50.1 Å². The number of hydrogen-bond donors (Lipinski definition) is 10. The molecule has 1 aliphatic heterocycles. The third-order valence-electron chi connectivity index (χ3n) is 13.4. The number of methoxy groups -OCH3 is 1. The third kappa shape index (κ3) is 20.8. The van der Waals surface area contributed by atoms with Gasteiger partial charge in [0.05, 0.1) is 36.0 Å². The first kappa shape index (κ1) is 66.5. The summed E-state index contributed by atoms with van der Waals surface area (Å²) in [5, 5.41) is 42.0. The maximum Gasteiger partial charge on any atom is 0.336 e. The van der Waals surface area contributed by atoms with Crippen LogP contribution in [0.5, 0.6) is 5.75 Å². The normalized spacial score (nSPS) is 14.6. The lowest BCUT2D eigenvalue weighted by Gasteiger charge is -2.27. The molecule has 0 unspecified atom stereocenters. The van der Waals surface area contributed by atoms with E-state index in [2.05, 4.69) is 42.2 Å². The Balaban J connectivity index is 1.31. The van der Waals surface area contributed by atoms with Crippen molar-refractivity contribution in [2.24, 2.45) is 28.1 Å². The van der Waals surface area contributed by atoms with Gasteiger partial charge in [0.25, 0.3) is 11.4 Å². The first-order chi connectivity index (χ1) is 40.4. The maximum atomic E-state index is 14.4. The molecule has 1 fully saturated rings. The van der Waals surface area contributed by atoms with E-state index < -0.39 is 123 Å². The number of likely N-dealkylation sites (tertiary alicyclic amines) is 1. The number of nitrogens with two attached hydrogens (primary N) is 3. The number of carbonyl (C=O) groups excluding carboxylic acids is 8. The SMILES string of the molecule is COc1ccc2c(CC(=O)N3CCC[C@H]3C(=O)N[C@@H](CC(C)C)C(=O)NCC(=O)N[C@@H](CSCCCc3ccccc3)C(=O)N[C@@H](CNc3ccc([N+](=O)[O-])cc3[N+](=O)[O-])C(=O)N[C@@H](C)C(=O)N[C@@H](CCCN=C(N)N)C(N)=O)cc(=O)oc2c1. The fourth-order valence-corrected chi connectivity index (χ4v) is 10.1. The van der Waals surface area contributed by atoms with E-state index in [-0.39, 0.29) is 74.1 Å². The number of benzene rings is 3. The van der Waals surface area contributed by atoms with Crippen LogP contribution < -0.4 is 64.8 Å². The van der Waals surface area contributed by atoms with Crippen LogP contribution in [0, 0.1) is 26.1 Å². The Morgan fingerprint density at radius 3 is 2.20 bits per heavy atom. The highest BCUT2D eigenvalue weighted by atomic mass is 32.2. The van der Waals surface area contributed by atoms with Gasteiger partial charge in [0.1, 0.15) is 53.3 Å². The third-order valence-corrected chi connectivity index (χ3v) is 14.6. The lowest BCUT2D eigenvalue weighted by atomic mass is 10.0. The number of ether oxygens (including phenoxy) is 1. The van der Waals surface area contributed by atoms with E-state index in [9.17, 15) is 63.4 Å². The monoisotopic (exact) mass is 1200 g/mol. The summed E-state index contributed by atoms with van der Waals surface area (Å²) in [6, 6.07) is 10.5. The van der Waals surface area contributed by atoms with Gasteiger partial charge in [0.2, 0.25) is 47.3 Å². The lowest BCUT2D eigenvalue weighted by Crippen LogP contribution is -2.60. The number of aryl methyl sites for hydroxylation is 1. The Kier molecular flexibility index (Phi) is 25.4. The zero-order valence-corrected chi connectivity index (χ0v) is 48.2. The first-order valence-corrected chi connectivity index (χ1v) is 28.4. The van der Waals surface area contributed by atoms with Gasteiger partial charge in [0.15, 0.2) is 5.96 Å². The molecule has 0 bridgehead atoms. The second kappa shape index (κ2) is 32.5. The summed E-state index contributed by atoms with van der Waals surface area (Å²) in [6.45, 7) is 3.90. The average Bonchev–Trinajstić information content (AvgIpc) is 3.34. The maximum absolute atomic E-state index is 14.4. The Hall–Kier alpha value is -9.35. The molecule has 0 aliphatic carbocycles. The van der Waals surface area contributed by atoms with Gasteiger partial charge >= 0.3 is 5.63 Å². The van der Waals surface area contributed by atoms with Gasteiger partial charge in [-0.3, -0.25) is 63.6 Å². The number of fused-ring (bicyclic) bond motifs is 1. The molecular formula is C55H72N14O15S. The van der Waals surface area contributed by atoms with Crippen LogP contribution in [0.15, 0.2) is 87.0 Å². The Morgan fingerprint density at radius 1 is 0.812 bits per heavy atom. The van der Waals surface area contributed by atoms with Crippen molar-refractivity contribution < 1.29 is 57.4 Å². The molecule has 1 aromatic heterocycles. The highest BCUT2D eigenvalue weighted by Gasteiger charge is 2.37. The number of hydrogen-bond acceptors (Lipinski definition) is 18. The molecule has 0 spiro atoms. The van der Waals surface area contributed by atoms with Crippen LogP contribution in [0.4, 0.5) is 17.1 Å². The quantitative estimate of drug-likeness (QED) is 0.00786. The minimum atomic E-state index is -1.69. The molecule has 0 radical (unpaired) electrons. The van der Waals surface area contributed by atoms with Crippen LogP contribution in [0.25, 0.3) is 11.0 Å². The molecule has 3 aromatic carbocycles. The van der Waals surface area contributed by atoms with E-state index in [1.54, 1.807) is 12.1 Å². The summed E-state index contributed by atoms with van der Waals surface area (Å²) in [7, 11) is 1.46. The number of aliphatic imine (C=N–C) groups is 1. The van der Waals surface area contributed by atoms with E-state index >= 15 is 0 Å². The number of rotatable bonds is 33. The van der Waals surface area contributed by atoms with E-state index in [1.165, 1.54) is 42.8 Å². The second-order valence-electron chi connectivity index (χ2n) is 20.4. The predicted molar refractivity (Wildman–Crippen MR) is 315 cm³/mol. The number of nitro benzene ring substituents is 2. The van der Waals surface area contributed by atoms with Crippen molar-refractivity contribution in [1.29, 1.82) is 0 Å². The minimum Gasteiger partial charge on any atom is -0.497 e. The topological polar surface area (TPSA) is 440 Å². The number of thioether (sulfide) groups is 1. The average molecular weight is 1200 g/mol. The van der Waals surface area contributed by atoms with Crippen LogP contribution >= 0.6 is 11.8 Å². The second-order valence-corrected chi connectivity index (χ2v) is 21.5. The van der Waals surface area contributed by atoms with Crippen LogP contribution in [0.2, 0.25) is 0 Å². The van der Waals surface area contributed by atoms with Gasteiger partial charge in [-0.05, 0) is 92.9 Å². The Morgan fingerprint density at radius 2 is 1.53 bits per heavy atom. The lowest BCUT2D eigenvalue weighted by molar-refractivity contribution is -0.393. The Bertz CT molecular complexity index is 3160. The molecule has 6 atom stereocenters. The molecule has 1 aliphatic rings. The van der Waals surface area contributed by atoms with Gasteiger partial charge < -0.3 is 68.5 Å². The number of guanidine groups is 1. The molecule has 4 aromatic rings. The number of nitrogens with zero attached hydrogens (tertiary/aromatic N) is 4. The minimum absolute atomic E-state index is 0.0181. The van der Waals surface area contributed by atoms with Crippen molar-refractivity contribution in [3.63, 3.8) is 0 Å². The molecule has 8 amide bonds. The van der Waals surface area contributed by atoms with E-state index in [0.29, 0.717) is 47.8 Å². The molecule has 30 heteroatoms. The summed E-state index contributed by atoms with van der Waals surface area (Å²) in [6.07, 6.45) is 2.23. The summed E-state index contributed by atoms with van der Waals surface area (Å²) in [5.74, 6) is -5.94. The zero-order chi connectivity index (χ0) is 62.3. The number of amides is 8. The molecule has 85 heavy (non-hydrogen) atoms. The number of carbonyl (C=O) groups is 8. The van der Waals surface area contributed by atoms with Crippen molar-refractivity contribution in [2.45, 2.75) is 108 Å². The number of non-ortho nitro benzene ring substituents is 1. The number of nitro groups is 2. The zero-order valence-electron chi connectivity index (χ0n) is 47.4. The van der Waals surface area contributed by atoms with Crippen molar-refractivity contribution >= 4 is 93.0 Å². The van der Waals surface area contributed by atoms with Gasteiger partial charge in [-0.2, -0.15) is 11.8 Å². The molecule has 13 N–H and O–H groups in total. The molecule has 2 heterocycles. The van der Waals surface area contributed by atoms with Gasteiger partial charge in [-0.25, -0.2) is 4.79 Å². The van der Waals surface area contributed by atoms with E-state index in [0.717, 1.165) is 17.7 Å². The summed E-state index contributed by atoms with van der Waals surface area (Å²) < 4.78 is 10.6. The number of primary amides is 1. The first-order valence-electron chi connectivity index (χ1n) is 27.3. The largest absolute Gasteiger partial charge is 0.497 e. The van der Waals surface area contributed by atoms with E-state index in [1.807, 2.05) is 44.2 Å². The molecule has 458 valence electrons. The summed E-state index contributed by atoms with van der Waals surface area (Å²) >= 11 is 1.28. The van der Waals surface area contributed by atoms with Crippen molar-refractivity contribution in [1.82, 2.24) is 36.8 Å². The number of nitrogens with one attached hydrogen (secondary N) is 7. The molecule has 5 rings (SSSR count). The van der Waals surface area contributed by atoms with Gasteiger partial charge in [-0.1, -0.05) is 44.2 Å². The predicted octanol–water partition coefficient (Wildman–Crippen LogP) is 0.775. The van der Waals surface area contributed by atoms with Gasteiger partial charge in [-0.15, -0.1) is 0 Å². The van der Waals surface area contributed by atoms with E-state index in [4.69, 9.17) is 26.4 Å². The fraction of sp³-hybridized carbons (Fsp3) is 0.455. The smallest absolute Gasteiger partial charge is 0.336 e. The van der Waals surface area contributed by atoms with Gasteiger partial charge in [0, 0.05) is 49.0 Å². The fourth-order valence-electron chi connectivity index (χ4n) is 9.09. The van der Waals surface area contributed by atoms with Crippen LogP contribution in [0.3, 0.4) is 0 Å². The molecule has 29 nitrogen and oxygen atoms in total. The highest BCUT2D eigenvalue weighted by molar-refractivity contribution is 7.99. The van der Waals surface area contributed by atoms with Crippen LogP contribution in [-0.4, -0.2) is 149 Å². The molecular weight excluding hydrogens is 1130 g/mol. The standard InChI is InChI=1S/C55H72N14O15S/c1-31(2)23-40(65-54(78)43-15-9-21-67(43)47(71)24-34-25-48(72)84-45-27-36(83-4)17-18-37(34)45)51(75)61-29-46(70)63-42(30-85-22-10-13-33-11-6-5-7-12-33)53(77)66-41(28-60-38-19-16-35(68(79)80)26-44(38)69(81)82)52(76)62-32(3)50(74)64-39(49(56)73)14-8-20-59-55(57)58/h5-7,11-12,16-19,25-27,31-32,39-43,60H,8-10,13-15,20-24,28-30H2,1-4H3,(H2,56,73)(H,61,75)(H,62,76)(H,63,70)(H,64,74)(H,65,78)(H,66,77)(H4,57,58,59)/t32-,39-,40-,41-,42-,43-/m0/s1. The molecule has 1 saturated heterocycles. The summed E-state index contributed by atoms with van der Waals surface area (Å²) in [5.41, 5.74) is 15.6. The summed E-state index contributed by atoms with van der Waals surface area (Å²) in [4.78, 5) is 149. The van der Waals surface area contributed by atoms with Crippen LogP contribution in [0.1, 0.15) is 70.4 Å². The number of anilines is 1. The molecule has 0 saturated carbocycles. The Labute approximate surface area is 492 Å². The highest BCUT2D eigenvalue weighted by Crippen LogP contribution is 2.29. The van der Waals surface area contributed by atoms with Crippen LogP contribution in [-0.2, 0) is 51.2 Å². The van der Waals surface area contributed by atoms with Crippen molar-refractivity contribution in [3.8, 4) is 5.75 Å².